The molecule has 2 aromatic rings. The normalized spacial score (nSPS) is 18.0. The summed E-state index contributed by atoms with van der Waals surface area (Å²) in [4.78, 5) is 30.8. The number of rotatable bonds is 4. The molecule has 134 valence electrons. The molecule has 1 aromatic heterocycles. The summed E-state index contributed by atoms with van der Waals surface area (Å²) in [7, 11) is 0. The van der Waals surface area contributed by atoms with Crippen molar-refractivity contribution in [1.82, 2.24) is 4.90 Å². The average Bonchev–Trinajstić information content (AvgIpc) is 3.36. The Balaban J connectivity index is 1.76. The smallest absolute Gasteiger partial charge is 0.282 e. The van der Waals surface area contributed by atoms with E-state index in [4.69, 9.17) is 0 Å². The fourth-order valence-electron chi connectivity index (χ4n) is 3.64. The van der Waals surface area contributed by atoms with Crippen LogP contribution in [0.1, 0.15) is 43.0 Å². The third kappa shape index (κ3) is 2.76. The van der Waals surface area contributed by atoms with E-state index < -0.39 is 0 Å². The number of carbonyl (C=O) groups is 2. The largest absolute Gasteiger partial charge is 0.366 e. The molecule has 0 saturated carbocycles. The topological polar surface area (TPSA) is 40.6 Å². The lowest BCUT2D eigenvalue weighted by Crippen LogP contribution is -2.34. The molecule has 1 saturated heterocycles. The molecule has 5 heteroatoms. The van der Waals surface area contributed by atoms with E-state index in [1.165, 1.54) is 21.8 Å². The number of amides is 2. The lowest BCUT2D eigenvalue weighted by Gasteiger charge is -2.20. The van der Waals surface area contributed by atoms with Gasteiger partial charge in [-0.15, -0.1) is 11.3 Å². The van der Waals surface area contributed by atoms with Gasteiger partial charge in [-0.1, -0.05) is 32.0 Å². The van der Waals surface area contributed by atoms with Gasteiger partial charge in [0.2, 0.25) is 0 Å². The monoisotopic (exact) mass is 366 g/mol. The van der Waals surface area contributed by atoms with Gasteiger partial charge >= 0.3 is 0 Å². The van der Waals surface area contributed by atoms with Gasteiger partial charge in [0.05, 0.1) is 11.3 Å². The van der Waals surface area contributed by atoms with Gasteiger partial charge in [0.15, 0.2) is 0 Å². The molecule has 26 heavy (non-hydrogen) atoms. The summed E-state index contributed by atoms with van der Waals surface area (Å²) in [5.74, 6) is 0.00300. The van der Waals surface area contributed by atoms with Gasteiger partial charge in [0.25, 0.3) is 11.8 Å². The van der Waals surface area contributed by atoms with E-state index in [2.05, 4.69) is 18.7 Å². The van der Waals surface area contributed by atoms with E-state index in [0.717, 1.165) is 30.8 Å². The number of hydrogen-bond donors (Lipinski definition) is 0. The van der Waals surface area contributed by atoms with Crippen molar-refractivity contribution in [2.75, 3.05) is 18.0 Å². The first kappa shape index (κ1) is 17.0. The van der Waals surface area contributed by atoms with Gasteiger partial charge in [-0.3, -0.25) is 9.59 Å². The molecule has 4 rings (SSSR count). The maximum atomic E-state index is 13.2. The number of thiophene rings is 1. The molecule has 0 N–H and O–H groups in total. The predicted octanol–water partition coefficient (Wildman–Crippen LogP) is 4.25. The maximum absolute atomic E-state index is 13.2. The Morgan fingerprint density at radius 1 is 0.962 bits per heavy atom. The highest BCUT2D eigenvalue weighted by atomic mass is 32.1. The number of imide groups is 1. The molecule has 2 aliphatic heterocycles. The molecule has 4 nitrogen and oxygen atoms in total. The van der Waals surface area contributed by atoms with Crippen LogP contribution in [-0.4, -0.2) is 29.8 Å². The van der Waals surface area contributed by atoms with Crippen LogP contribution in [0.5, 0.6) is 0 Å². The van der Waals surface area contributed by atoms with Crippen molar-refractivity contribution in [2.24, 2.45) is 0 Å². The number of hydrogen-bond acceptors (Lipinski definition) is 4. The van der Waals surface area contributed by atoms with Crippen molar-refractivity contribution in [2.45, 2.75) is 32.6 Å². The van der Waals surface area contributed by atoms with Crippen LogP contribution in [0.4, 0.5) is 5.69 Å². The van der Waals surface area contributed by atoms with E-state index in [0.29, 0.717) is 22.9 Å². The van der Waals surface area contributed by atoms with E-state index in [1.807, 2.05) is 41.8 Å². The summed E-state index contributed by atoms with van der Waals surface area (Å²) in [5.41, 5.74) is 2.97. The van der Waals surface area contributed by atoms with Crippen LogP contribution in [0.2, 0.25) is 0 Å². The molecular weight excluding hydrogens is 344 g/mol. The average molecular weight is 366 g/mol. The first-order valence-corrected chi connectivity index (χ1v) is 9.97. The summed E-state index contributed by atoms with van der Waals surface area (Å²) in [5, 5.41) is 1.95. The minimum atomic E-state index is -0.211. The lowest BCUT2D eigenvalue weighted by atomic mass is 10.0. The molecule has 0 atom stereocenters. The Hall–Kier alpha value is -2.40. The van der Waals surface area contributed by atoms with Crippen LogP contribution in [0.25, 0.3) is 5.57 Å². The first-order chi connectivity index (χ1) is 12.6. The standard InChI is InChI=1S/C21H22N2O2S/c1-14(2)15-7-9-16(10-8-15)23-20(24)18(17-6-5-13-26-17)19(21(23)25)22-11-3-4-12-22/h5-10,13-14H,3-4,11-12H2,1-2H3. The molecular formula is C21H22N2O2S. The second-order valence-corrected chi connectivity index (χ2v) is 8.03. The van der Waals surface area contributed by atoms with E-state index in [1.54, 1.807) is 0 Å². The fourth-order valence-corrected chi connectivity index (χ4v) is 4.40. The molecule has 0 bridgehead atoms. The minimum Gasteiger partial charge on any atom is -0.366 e. The number of nitrogens with zero attached hydrogens (tertiary/aromatic N) is 2. The summed E-state index contributed by atoms with van der Waals surface area (Å²) in [6.07, 6.45) is 2.12. The zero-order chi connectivity index (χ0) is 18.3. The van der Waals surface area contributed by atoms with Crippen molar-refractivity contribution in [3.63, 3.8) is 0 Å². The zero-order valence-electron chi connectivity index (χ0n) is 15.1. The summed E-state index contributed by atoms with van der Waals surface area (Å²) in [6.45, 7) is 5.93. The lowest BCUT2D eigenvalue weighted by molar-refractivity contribution is -0.120. The zero-order valence-corrected chi connectivity index (χ0v) is 15.9. The highest BCUT2D eigenvalue weighted by Crippen LogP contribution is 2.37. The number of benzene rings is 1. The number of carbonyl (C=O) groups excluding carboxylic acids is 2. The predicted molar refractivity (Wildman–Crippen MR) is 105 cm³/mol. The fraction of sp³-hybridized carbons (Fsp3) is 0.333. The molecule has 3 heterocycles. The quantitative estimate of drug-likeness (QED) is 0.760. The Labute approximate surface area is 157 Å². The summed E-state index contributed by atoms with van der Waals surface area (Å²) >= 11 is 1.51. The van der Waals surface area contributed by atoms with Gasteiger partial charge in [0, 0.05) is 18.0 Å². The van der Waals surface area contributed by atoms with Crippen LogP contribution in [0.15, 0.2) is 47.5 Å². The third-order valence-corrected chi connectivity index (χ3v) is 5.95. The van der Waals surface area contributed by atoms with E-state index in [-0.39, 0.29) is 11.8 Å². The summed E-state index contributed by atoms with van der Waals surface area (Å²) in [6, 6.07) is 11.6. The Morgan fingerprint density at radius 3 is 2.23 bits per heavy atom. The van der Waals surface area contributed by atoms with Crippen LogP contribution in [0.3, 0.4) is 0 Å². The highest BCUT2D eigenvalue weighted by Gasteiger charge is 2.43. The van der Waals surface area contributed by atoms with Crippen LogP contribution in [0, 0.1) is 0 Å². The Kier molecular flexibility index (Phi) is 4.41. The van der Waals surface area contributed by atoms with Crippen molar-refractivity contribution >= 4 is 34.4 Å². The molecule has 2 aliphatic rings. The SMILES string of the molecule is CC(C)c1ccc(N2C(=O)C(c3cccs3)=C(N3CCCC3)C2=O)cc1. The first-order valence-electron chi connectivity index (χ1n) is 9.10. The molecule has 0 unspecified atom stereocenters. The molecule has 0 spiro atoms. The van der Waals surface area contributed by atoms with E-state index >= 15 is 0 Å². The second kappa shape index (κ2) is 6.72. The molecule has 2 amide bonds. The van der Waals surface area contributed by atoms with E-state index in [9.17, 15) is 9.59 Å². The summed E-state index contributed by atoms with van der Waals surface area (Å²) < 4.78 is 0. The number of likely N-dealkylation sites (tertiary alicyclic amines) is 1. The van der Waals surface area contributed by atoms with Gasteiger partial charge in [-0.25, -0.2) is 4.90 Å². The Morgan fingerprint density at radius 2 is 1.65 bits per heavy atom. The molecule has 0 radical (unpaired) electrons. The molecule has 0 aliphatic carbocycles. The maximum Gasteiger partial charge on any atom is 0.282 e. The minimum absolute atomic E-state index is 0.197. The van der Waals surface area contributed by atoms with Gasteiger partial charge < -0.3 is 4.90 Å². The van der Waals surface area contributed by atoms with Gasteiger partial charge in [0.1, 0.15) is 5.70 Å². The van der Waals surface area contributed by atoms with Gasteiger partial charge in [-0.2, -0.15) is 0 Å². The van der Waals surface area contributed by atoms with Crippen molar-refractivity contribution in [1.29, 1.82) is 0 Å². The van der Waals surface area contributed by atoms with Gasteiger partial charge in [-0.05, 0) is 47.9 Å². The van der Waals surface area contributed by atoms with Crippen molar-refractivity contribution < 1.29 is 9.59 Å². The second-order valence-electron chi connectivity index (χ2n) is 7.09. The van der Waals surface area contributed by atoms with Crippen molar-refractivity contribution in [3.05, 3.63) is 57.9 Å². The Bertz CT molecular complexity index is 860. The highest BCUT2D eigenvalue weighted by molar-refractivity contribution is 7.11. The number of anilines is 1. The third-order valence-electron chi connectivity index (χ3n) is 5.07. The van der Waals surface area contributed by atoms with Crippen LogP contribution < -0.4 is 4.90 Å². The van der Waals surface area contributed by atoms with Crippen molar-refractivity contribution in [3.8, 4) is 0 Å². The molecule has 1 aromatic carbocycles. The van der Waals surface area contributed by atoms with Crippen LogP contribution in [-0.2, 0) is 9.59 Å². The molecule has 1 fully saturated rings. The van der Waals surface area contributed by atoms with Crippen LogP contribution >= 0.6 is 11.3 Å².